The lowest BCUT2D eigenvalue weighted by Crippen LogP contribution is -2.13. The molecule has 0 saturated carbocycles. The van der Waals surface area contributed by atoms with Crippen LogP contribution in [0.15, 0.2) is 44.4 Å². The van der Waals surface area contributed by atoms with E-state index >= 15 is 0 Å². The third kappa shape index (κ3) is 3.29. The summed E-state index contributed by atoms with van der Waals surface area (Å²) in [5.74, 6) is -0.528. The summed E-state index contributed by atoms with van der Waals surface area (Å²) in [6, 6.07) is 5.15. The lowest BCUT2D eigenvalue weighted by Gasteiger charge is -1.95. The van der Waals surface area contributed by atoms with Gasteiger partial charge in [-0.15, -0.1) is 11.3 Å². The van der Waals surface area contributed by atoms with Crippen LogP contribution in [0.5, 0.6) is 0 Å². The van der Waals surface area contributed by atoms with Gasteiger partial charge in [0.25, 0.3) is 0 Å². The number of carboxylic acid groups (broad SMARTS) is 1. The van der Waals surface area contributed by atoms with E-state index in [1.807, 2.05) is 0 Å². The van der Waals surface area contributed by atoms with Crippen molar-refractivity contribution in [2.24, 2.45) is 10.1 Å². The highest BCUT2D eigenvalue weighted by Crippen LogP contribution is 2.24. The Bertz CT molecular complexity index is 613. The van der Waals surface area contributed by atoms with Crippen molar-refractivity contribution in [3.63, 3.8) is 0 Å². The summed E-state index contributed by atoms with van der Waals surface area (Å²) in [6.07, 6.45) is 3.11. The number of furan rings is 1. The minimum atomic E-state index is -1.15. The van der Waals surface area contributed by atoms with Crippen LogP contribution in [0.3, 0.4) is 0 Å². The summed E-state index contributed by atoms with van der Waals surface area (Å²) in [5, 5.41) is 14.8. The number of hydrogen-bond acceptors (Lipinski definition) is 6. The molecule has 0 atom stereocenters. The first-order valence-electron chi connectivity index (χ1n) is 5.21. The molecule has 98 valence electrons. The zero-order chi connectivity index (χ0) is 13.7. The molecule has 0 aromatic carbocycles. The molecule has 0 fully saturated rings. The molecule has 0 radical (unpaired) electrons. The molecule has 7 heteroatoms. The highest BCUT2D eigenvalue weighted by Gasteiger charge is 2.15. The monoisotopic (exact) mass is 278 g/mol. The van der Waals surface area contributed by atoms with Crippen molar-refractivity contribution < 1.29 is 19.2 Å². The van der Waals surface area contributed by atoms with Gasteiger partial charge in [0, 0.05) is 10.9 Å². The van der Waals surface area contributed by atoms with Crippen LogP contribution in [-0.2, 0) is 9.63 Å². The van der Waals surface area contributed by atoms with Crippen molar-refractivity contribution >= 4 is 34.2 Å². The van der Waals surface area contributed by atoms with Crippen molar-refractivity contribution in [1.82, 2.24) is 0 Å². The first-order chi connectivity index (χ1) is 9.20. The van der Waals surface area contributed by atoms with E-state index in [9.17, 15) is 4.79 Å². The minimum absolute atomic E-state index is 0.154. The van der Waals surface area contributed by atoms with Crippen molar-refractivity contribution in [3.8, 4) is 0 Å². The smallest absolute Gasteiger partial charge is 0.358 e. The molecular formula is C12H10N2O4S. The Morgan fingerprint density at radius 2 is 2.42 bits per heavy atom. The Balaban J connectivity index is 2.19. The summed E-state index contributed by atoms with van der Waals surface area (Å²) in [6.45, 7) is 0. The number of aliphatic carboxylic acids is 1. The second-order valence-electron chi connectivity index (χ2n) is 3.37. The topological polar surface area (TPSA) is 84.4 Å². The van der Waals surface area contributed by atoms with Crippen LogP contribution in [-0.4, -0.2) is 30.1 Å². The summed E-state index contributed by atoms with van der Waals surface area (Å²) in [7, 11) is 1.30. The van der Waals surface area contributed by atoms with Gasteiger partial charge < -0.3 is 14.4 Å². The lowest BCUT2D eigenvalue weighted by molar-refractivity contribution is -0.129. The summed E-state index contributed by atoms with van der Waals surface area (Å²) in [4.78, 5) is 19.7. The fourth-order valence-corrected chi connectivity index (χ4v) is 2.05. The number of aliphatic imine (C=N–C) groups is 1. The number of nitrogens with zero attached hydrogens (tertiary/aromatic N) is 2. The number of oxime groups is 1. The molecule has 2 aromatic heterocycles. The van der Waals surface area contributed by atoms with E-state index in [0.717, 1.165) is 0 Å². The Morgan fingerprint density at radius 3 is 3.05 bits per heavy atom. The van der Waals surface area contributed by atoms with Gasteiger partial charge in [0.1, 0.15) is 17.9 Å². The largest absolute Gasteiger partial charge is 0.476 e. The molecular weight excluding hydrogens is 268 g/mol. The Labute approximate surface area is 112 Å². The molecule has 0 aliphatic rings. The predicted octanol–water partition coefficient (Wildman–Crippen LogP) is 2.53. The SMILES string of the molecule is CON=C(C(=O)O)c1csc(N=Cc2ccco2)c1. The van der Waals surface area contributed by atoms with Crippen LogP contribution < -0.4 is 0 Å². The van der Waals surface area contributed by atoms with Crippen molar-refractivity contribution in [2.75, 3.05) is 7.11 Å². The normalized spacial score (nSPS) is 11.9. The Morgan fingerprint density at radius 1 is 1.58 bits per heavy atom. The van der Waals surface area contributed by atoms with Crippen LogP contribution in [0.4, 0.5) is 5.00 Å². The molecule has 0 spiro atoms. The summed E-state index contributed by atoms with van der Waals surface area (Å²) in [5.41, 5.74) is 0.296. The maximum absolute atomic E-state index is 11.0. The van der Waals surface area contributed by atoms with Crippen molar-refractivity contribution in [2.45, 2.75) is 0 Å². The third-order valence-corrected chi connectivity index (χ3v) is 2.94. The van der Waals surface area contributed by atoms with Gasteiger partial charge in [0.15, 0.2) is 5.71 Å². The fraction of sp³-hybridized carbons (Fsp3) is 0.0833. The highest BCUT2D eigenvalue weighted by atomic mass is 32.1. The maximum Gasteiger partial charge on any atom is 0.358 e. The second-order valence-corrected chi connectivity index (χ2v) is 4.26. The number of thiophene rings is 1. The van der Waals surface area contributed by atoms with Gasteiger partial charge in [-0.3, -0.25) is 0 Å². The van der Waals surface area contributed by atoms with Gasteiger partial charge in [-0.2, -0.15) is 0 Å². The molecule has 2 rings (SSSR count). The predicted molar refractivity (Wildman–Crippen MR) is 71.5 cm³/mol. The van der Waals surface area contributed by atoms with E-state index in [4.69, 9.17) is 9.52 Å². The highest BCUT2D eigenvalue weighted by molar-refractivity contribution is 7.14. The van der Waals surface area contributed by atoms with E-state index in [1.165, 1.54) is 18.4 Å². The van der Waals surface area contributed by atoms with E-state index in [-0.39, 0.29) is 5.71 Å². The summed E-state index contributed by atoms with van der Waals surface area (Å²) >= 11 is 1.30. The molecule has 2 aromatic rings. The maximum atomic E-state index is 11.0. The van der Waals surface area contributed by atoms with Gasteiger partial charge in [0.2, 0.25) is 0 Å². The quantitative estimate of drug-likeness (QED) is 0.672. The van der Waals surface area contributed by atoms with Crippen molar-refractivity contribution in [3.05, 3.63) is 41.2 Å². The average Bonchev–Trinajstić information content (AvgIpc) is 3.04. The number of carboxylic acids is 1. The molecule has 0 amide bonds. The Hall–Kier alpha value is -2.41. The molecule has 0 aliphatic heterocycles. The molecule has 19 heavy (non-hydrogen) atoms. The van der Waals surface area contributed by atoms with Gasteiger partial charge >= 0.3 is 5.97 Å². The van der Waals surface area contributed by atoms with Gasteiger partial charge in [-0.05, 0) is 18.2 Å². The number of rotatable bonds is 5. The molecule has 2 heterocycles. The van der Waals surface area contributed by atoms with Gasteiger partial charge in [0.05, 0.1) is 12.5 Å². The van der Waals surface area contributed by atoms with E-state index in [2.05, 4.69) is 15.0 Å². The van der Waals surface area contributed by atoms with Crippen LogP contribution in [0, 0.1) is 0 Å². The number of carbonyl (C=O) groups is 1. The van der Waals surface area contributed by atoms with Crippen molar-refractivity contribution in [1.29, 1.82) is 0 Å². The molecule has 0 saturated heterocycles. The Kier molecular flexibility index (Phi) is 4.09. The molecule has 1 N–H and O–H groups in total. The zero-order valence-corrected chi connectivity index (χ0v) is 10.8. The minimum Gasteiger partial charge on any atom is -0.476 e. The van der Waals surface area contributed by atoms with Gasteiger partial charge in [-0.1, -0.05) is 5.16 Å². The lowest BCUT2D eigenvalue weighted by atomic mass is 10.2. The van der Waals surface area contributed by atoms with E-state index < -0.39 is 5.97 Å². The van der Waals surface area contributed by atoms with Gasteiger partial charge in [-0.25, -0.2) is 9.79 Å². The third-order valence-electron chi connectivity index (χ3n) is 2.11. The first kappa shape index (κ1) is 13.0. The summed E-state index contributed by atoms with van der Waals surface area (Å²) < 4.78 is 5.10. The van der Waals surface area contributed by atoms with E-state index in [1.54, 1.807) is 36.1 Å². The zero-order valence-electron chi connectivity index (χ0n) is 9.94. The van der Waals surface area contributed by atoms with Crippen LogP contribution in [0.1, 0.15) is 11.3 Å². The van der Waals surface area contributed by atoms with Crippen LogP contribution in [0.2, 0.25) is 0 Å². The second kappa shape index (κ2) is 5.96. The molecule has 0 aliphatic carbocycles. The van der Waals surface area contributed by atoms with Crippen LogP contribution >= 0.6 is 11.3 Å². The standard InChI is InChI=1S/C12H10N2O4S/c1-17-14-11(12(15)16)8-5-10(19-7-8)13-6-9-3-2-4-18-9/h2-7H,1H3,(H,15,16). The molecule has 0 bridgehead atoms. The molecule has 6 nitrogen and oxygen atoms in total. The number of hydrogen-bond donors (Lipinski definition) is 1. The van der Waals surface area contributed by atoms with Crippen LogP contribution in [0.25, 0.3) is 0 Å². The van der Waals surface area contributed by atoms with E-state index in [0.29, 0.717) is 16.3 Å². The average molecular weight is 278 g/mol. The molecule has 0 unspecified atom stereocenters. The fourth-order valence-electron chi connectivity index (χ4n) is 1.32. The first-order valence-corrected chi connectivity index (χ1v) is 6.09.